The summed E-state index contributed by atoms with van der Waals surface area (Å²) in [6, 6.07) is 7.81. The number of nitrogen functional groups attached to an aromatic ring is 1. The first-order valence-electron chi connectivity index (χ1n) is 6.10. The second kappa shape index (κ2) is 4.97. The Morgan fingerprint density at radius 2 is 1.67 bits per heavy atom. The highest BCUT2D eigenvalue weighted by Crippen LogP contribution is 2.29. The molecule has 0 atom stereocenters. The van der Waals surface area contributed by atoms with Crippen LogP contribution in [0.15, 0.2) is 42.6 Å². The van der Waals surface area contributed by atoms with Gasteiger partial charge in [0, 0.05) is 35.1 Å². The van der Waals surface area contributed by atoms with E-state index in [1.807, 2.05) is 0 Å². The van der Waals surface area contributed by atoms with Crippen LogP contribution in [0.3, 0.4) is 0 Å². The van der Waals surface area contributed by atoms with Crippen LogP contribution in [-0.4, -0.2) is 4.98 Å². The van der Waals surface area contributed by atoms with Gasteiger partial charge < -0.3 is 11.1 Å². The van der Waals surface area contributed by atoms with E-state index in [1.54, 1.807) is 24.3 Å². The van der Waals surface area contributed by atoms with Gasteiger partial charge in [0.05, 0.1) is 5.52 Å². The van der Waals surface area contributed by atoms with Crippen LogP contribution in [-0.2, 0) is 0 Å². The quantitative estimate of drug-likeness (QED) is 0.702. The molecule has 3 N–H and O–H groups in total. The normalized spacial score (nSPS) is 10.8. The molecule has 0 saturated carbocycles. The van der Waals surface area contributed by atoms with Crippen molar-refractivity contribution < 1.29 is 13.2 Å². The van der Waals surface area contributed by atoms with E-state index in [4.69, 9.17) is 5.73 Å². The molecule has 0 aliphatic carbocycles. The molecule has 3 aromatic rings. The fourth-order valence-electron chi connectivity index (χ4n) is 2.07. The summed E-state index contributed by atoms with van der Waals surface area (Å²) >= 11 is 0. The summed E-state index contributed by atoms with van der Waals surface area (Å²) in [6.45, 7) is 0. The highest BCUT2D eigenvalue weighted by Gasteiger charge is 2.13. The minimum absolute atomic E-state index is 0.416. The van der Waals surface area contributed by atoms with E-state index in [1.165, 1.54) is 6.20 Å². The largest absolute Gasteiger partial charge is 0.399 e. The molecule has 0 spiro atoms. The van der Waals surface area contributed by atoms with Gasteiger partial charge in [0.2, 0.25) is 0 Å². The Bertz CT molecular complexity index is 811. The number of hydrogen-bond acceptors (Lipinski definition) is 3. The number of nitrogens with two attached hydrogens (primary N) is 1. The Balaban J connectivity index is 2.11. The van der Waals surface area contributed by atoms with Crippen molar-refractivity contribution in [3.63, 3.8) is 0 Å². The van der Waals surface area contributed by atoms with Crippen molar-refractivity contribution in [2.24, 2.45) is 0 Å². The Kier molecular flexibility index (Phi) is 3.13. The first-order valence-corrected chi connectivity index (χ1v) is 6.10. The molecule has 6 heteroatoms. The second-order valence-electron chi connectivity index (χ2n) is 4.50. The predicted octanol–water partition coefficient (Wildman–Crippen LogP) is 3.98. The van der Waals surface area contributed by atoms with Crippen LogP contribution in [0.5, 0.6) is 0 Å². The molecule has 1 aromatic heterocycles. The van der Waals surface area contributed by atoms with Gasteiger partial charge in [0.25, 0.3) is 0 Å². The van der Waals surface area contributed by atoms with Gasteiger partial charge in [-0.2, -0.15) is 0 Å². The van der Waals surface area contributed by atoms with Gasteiger partial charge >= 0.3 is 0 Å². The van der Waals surface area contributed by atoms with Crippen molar-refractivity contribution >= 4 is 28.0 Å². The lowest BCUT2D eigenvalue weighted by Gasteiger charge is -2.11. The van der Waals surface area contributed by atoms with E-state index in [2.05, 4.69) is 10.3 Å². The van der Waals surface area contributed by atoms with E-state index in [0.717, 1.165) is 0 Å². The number of pyridine rings is 1. The zero-order valence-corrected chi connectivity index (χ0v) is 10.7. The van der Waals surface area contributed by atoms with Gasteiger partial charge in [-0.3, -0.25) is 4.98 Å². The van der Waals surface area contributed by atoms with Crippen LogP contribution in [0.2, 0.25) is 0 Å². The number of hydrogen-bond donors (Lipinski definition) is 2. The smallest absolute Gasteiger partial charge is 0.152 e. The van der Waals surface area contributed by atoms with Gasteiger partial charge in [0.15, 0.2) is 11.6 Å². The van der Waals surface area contributed by atoms with Crippen LogP contribution >= 0.6 is 0 Å². The van der Waals surface area contributed by atoms with Gasteiger partial charge in [-0.15, -0.1) is 0 Å². The molecule has 2 aromatic carbocycles. The molecule has 0 aliphatic heterocycles. The summed E-state index contributed by atoms with van der Waals surface area (Å²) in [7, 11) is 0. The van der Waals surface area contributed by atoms with Crippen LogP contribution in [0.1, 0.15) is 0 Å². The highest BCUT2D eigenvalue weighted by atomic mass is 19.1. The van der Waals surface area contributed by atoms with Crippen LogP contribution in [0.4, 0.5) is 30.2 Å². The number of benzene rings is 2. The molecule has 3 nitrogen and oxygen atoms in total. The number of anilines is 3. The molecule has 0 amide bonds. The van der Waals surface area contributed by atoms with Crippen molar-refractivity contribution in [1.29, 1.82) is 0 Å². The fraction of sp³-hybridized carbons (Fsp3) is 0. The maximum absolute atomic E-state index is 13.7. The Morgan fingerprint density at radius 1 is 0.952 bits per heavy atom. The summed E-state index contributed by atoms with van der Waals surface area (Å²) in [6.07, 6.45) is 1.49. The standard InChI is InChI=1S/C15H10F3N3/c16-8-5-11(17)15(12(18)6-8)21-13-3-4-20-14-7-9(19)1-2-10(13)14/h1-7H,19H2,(H,20,21). The summed E-state index contributed by atoms with van der Waals surface area (Å²) in [5, 5.41) is 3.28. The van der Waals surface area contributed by atoms with Crippen molar-refractivity contribution in [2.75, 3.05) is 11.1 Å². The lowest BCUT2D eigenvalue weighted by atomic mass is 10.1. The van der Waals surface area contributed by atoms with E-state index in [-0.39, 0.29) is 0 Å². The number of aromatic nitrogens is 1. The molecule has 0 saturated heterocycles. The summed E-state index contributed by atoms with van der Waals surface area (Å²) in [5.74, 6) is -2.98. The minimum atomic E-state index is -1.01. The van der Waals surface area contributed by atoms with E-state index < -0.39 is 23.1 Å². The molecule has 0 aliphatic rings. The van der Waals surface area contributed by atoms with E-state index in [0.29, 0.717) is 34.4 Å². The summed E-state index contributed by atoms with van der Waals surface area (Å²) in [4.78, 5) is 4.14. The maximum atomic E-state index is 13.7. The van der Waals surface area contributed by atoms with Gasteiger partial charge in [0.1, 0.15) is 11.5 Å². The number of fused-ring (bicyclic) bond motifs is 1. The highest BCUT2D eigenvalue weighted by molar-refractivity contribution is 5.94. The average molecular weight is 289 g/mol. The Labute approximate surface area is 118 Å². The van der Waals surface area contributed by atoms with Crippen LogP contribution in [0.25, 0.3) is 10.9 Å². The molecule has 0 bridgehead atoms. The third-order valence-electron chi connectivity index (χ3n) is 3.03. The van der Waals surface area contributed by atoms with Gasteiger partial charge in [-0.25, -0.2) is 13.2 Å². The molecular formula is C15H10F3N3. The fourth-order valence-corrected chi connectivity index (χ4v) is 2.07. The maximum Gasteiger partial charge on any atom is 0.152 e. The summed E-state index contributed by atoms with van der Waals surface area (Å²) < 4.78 is 40.3. The molecule has 0 unspecified atom stereocenters. The number of nitrogens with zero attached hydrogens (tertiary/aromatic N) is 1. The molecule has 0 radical (unpaired) electrons. The zero-order chi connectivity index (χ0) is 15.0. The van der Waals surface area contributed by atoms with Crippen molar-refractivity contribution in [3.05, 3.63) is 60.0 Å². The van der Waals surface area contributed by atoms with E-state index in [9.17, 15) is 13.2 Å². The lowest BCUT2D eigenvalue weighted by Crippen LogP contribution is -2.00. The third kappa shape index (κ3) is 2.47. The first kappa shape index (κ1) is 13.2. The number of nitrogens with one attached hydrogen (secondary N) is 1. The number of rotatable bonds is 2. The lowest BCUT2D eigenvalue weighted by molar-refractivity contribution is 0.549. The van der Waals surface area contributed by atoms with E-state index >= 15 is 0 Å². The average Bonchev–Trinajstić information content (AvgIpc) is 2.42. The van der Waals surface area contributed by atoms with Crippen molar-refractivity contribution in [2.45, 2.75) is 0 Å². The molecule has 3 rings (SSSR count). The van der Waals surface area contributed by atoms with Gasteiger partial charge in [-0.05, 0) is 24.3 Å². The van der Waals surface area contributed by atoms with Crippen LogP contribution in [0, 0.1) is 17.5 Å². The molecule has 21 heavy (non-hydrogen) atoms. The molecule has 106 valence electrons. The molecule has 1 heterocycles. The second-order valence-corrected chi connectivity index (χ2v) is 4.50. The Hall–Kier alpha value is -2.76. The minimum Gasteiger partial charge on any atom is -0.399 e. The zero-order valence-electron chi connectivity index (χ0n) is 10.7. The molecule has 0 fully saturated rings. The van der Waals surface area contributed by atoms with Gasteiger partial charge in [-0.1, -0.05) is 0 Å². The topological polar surface area (TPSA) is 50.9 Å². The SMILES string of the molecule is Nc1ccc2c(Nc3c(F)cc(F)cc3F)ccnc2c1. The van der Waals surface area contributed by atoms with Crippen molar-refractivity contribution in [1.82, 2.24) is 4.98 Å². The summed E-state index contributed by atoms with van der Waals surface area (Å²) in [5.41, 5.74) is 6.82. The Morgan fingerprint density at radius 3 is 2.38 bits per heavy atom. The predicted molar refractivity (Wildman–Crippen MR) is 75.8 cm³/mol. The van der Waals surface area contributed by atoms with Crippen molar-refractivity contribution in [3.8, 4) is 0 Å². The monoisotopic (exact) mass is 289 g/mol. The third-order valence-corrected chi connectivity index (χ3v) is 3.03. The number of halogens is 3. The van der Waals surface area contributed by atoms with Crippen LogP contribution < -0.4 is 11.1 Å². The molecular weight excluding hydrogens is 279 g/mol. The first-order chi connectivity index (χ1) is 10.0.